The van der Waals surface area contributed by atoms with Crippen molar-refractivity contribution in [1.29, 1.82) is 5.41 Å². The van der Waals surface area contributed by atoms with E-state index in [9.17, 15) is 5.41 Å². The number of benzene rings is 8. The number of aromatic nitrogens is 1. The lowest BCUT2D eigenvalue weighted by molar-refractivity contribution is 1.18. The standard InChI is InChI=1S/C54H38N4/c55-54(56-51-29-14-11-21-43(51)34-38-17-16-22-40(33-38)39-18-4-1-5-19-39)57(44-23-6-2-7-24-44)46-35-41-20-10-12-27-47(41)49(37-46)42-31-32-53-50(36-42)48-28-13-15-30-52(48)58(53)45-25-8-3-9-26-45/h1-37,55H/b43-34+,55-54?,56-51?. The van der Waals surface area contributed by atoms with Gasteiger partial charge in [0.2, 0.25) is 5.96 Å². The highest BCUT2D eigenvalue weighted by Crippen LogP contribution is 2.40. The molecule has 0 spiro atoms. The fourth-order valence-electron chi connectivity index (χ4n) is 8.12. The molecule has 4 heteroatoms. The summed E-state index contributed by atoms with van der Waals surface area (Å²) < 4.78 is 2.35. The Hall–Kier alpha value is -7.82. The Morgan fingerprint density at radius 3 is 2.00 bits per heavy atom. The Kier molecular flexibility index (Phi) is 8.97. The second-order valence-corrected chi connectivity index (χ2v) is 14.4. The Labute approximate surface area is 337 Å². The van der Waals surface area contributed by atoms with Crippen molar-refractivity contribution in [2.24, 2.45) is 4.99 Å². The van der Waals surface area contributed by atoms with Crippen LogP contribution in [0, 0.1) is 5.41 Å². The lowest BCUT2D eigenvalue weighted by Gasteiger charge is -2.25. The summed E-state index contributed by atoms with van der Waals surface area (Å²) in [4.78, 5) is 7.00. The van der Waals surface area contributed by atoms with Gasteiger partial charge in [-0.25, -0.2) is 4.99 Å². The molecule has 9 aromatic rings. The molecule has 0 unspecified atom stereocenters. The molecule has 0 bridgehead atoms. The number of rotatable bonds is 6. The Morgan fingerprint density at radius 2 is 1.17 bits per heavy atom. The number of fused-ring (bicyclic) bond motifs is 4. The predicted octanol–water partition coefficient (Wildman–Crippen LogP) is 14.0. The van der Waals surface area contributed by atoms with Crippen molar-refractivity contribution < 1.29 is 0 Å². The van der Waals surface area contributed by atoms with Crippen LogP contribution in [0.4, 0.5) is 11.4 Å². The van der Waals surface area contributed by atoms with Crippen LogP contribution >= 0.6 is 0 Å². The minimum Gasteiger partial charge on any atom is -0.309 e. The molecule has 1 aromatic heterocycles. The van der Waals surface area contributed by atoms with Gasteiger partial charge in [-0.1, -0.05) is 152 Å². The van der Waals surface area contributed by atoms with Crippen LogP contribution < -0.4 is 4.90 Å². The summed E-state index contributed by atoms with van der Waals surface area (Å²) >= 11 is 0. The third-order valence-electron chi connectivity index (χ3n) is 10.8. The predicted molar refractivity (Wildman–Crippen MR) is 246 cm³/mol. The van der Waals surface area contributed by atoms with Gasteiger partial charge in [0.05, 0.1) is 22.4 Å². The average Bonchev–Trinajstić information content (AvgIpc) is 3.62. The molecule has 10 rings (SSSR count). The fraction of sp³-hybridized carbons (Fsp3) is 0. The molecule has 0 fully saturated rings. The van der Waals surface area contributed by atoms with Gasteiger partial charge in [0.25, 0.3) is 0 Å². The van der Waals surface area contributed by atoms with Gasteiger partial charge in [-0.2, -0.15) is 0 Å². The minimum absolute atomic E-state index is 0.118. The molecule has 0 saturated heterocycles. The lowest BCUT2D eigenvalue weighted by Crippen LogP contribution is -2.25. The smallest absolute Gasteiger partial charge is 0.227 e. The number of nitrogens with one attached hydrogen (secondary N) is 1. The zero-order valence-electron chi connectivity index (χ0n) is 31.7. The SMILES string of the molecule is N=C(N=C1C=CC=C/C1=C\c1cccc(-c2ccccc2)c1)N(c1ccccc1)c1cc(-c2ccc3c(c2)c2ccccc2n3-c2ccccc2)c2ccccc2c1. The van der Waals surface area contributed by atoms with Gasteiger partial charge in [0, 0.05) is 27.7 Å². The maximum Gasteiger partial charge on any atom is 0.227 e. The maximum atomic E-state index is 9.69. The number of aliphatic imine (C=N–C) groups is 1. The molecule has 1 aliphatic carbocycles. The van der Waals surface area contributed by atoms with Crippen LogP contribution in [0.25, 0.3) is 66.6 Å². The third kappa shape index (κ3) is 6.53. The summed E-state index contributed by atoms with van der Waals surface area (Å²) in [5, 5.41) is 14.3. The third-order valence-corrected chi connectivity index (χ3v) is 10.8. The topological polar surface area (TPSA) is 44.4 Å². The quantitative estimate of drug-likeness (QED) is 0.134. The molecule has 0 saturated carbocycles. The van der Waals surface area contributed by atoms with E-state index in [0.29, 0.717) is 0 Å². The molecule has 0 radical (unpaired) electrons. The largest absolute Gasteiger partial charge is 0.309 e. The molecule has 0 amide bonds. The molecule has 0 atom stereocenters. The fourth-order valence-corrected chi connectivity index (χ4v) is 8.12. The van der Waals surface area contributed by atoms with Crippen LogP contribution in [-0.4, -0.2) is 16.2 Å². The van der Waals surface area contributed by atoms with Gasteiger partial charge in [-0.3, -0.25) is 10.3 Å². The van der Waals surface area contributed by atoms with E-state index in [1.165, 1.54) is 21.9 Å². The van der Waals surface area contributed by atoms with Crippen LogP contribution in [0.3, 0.4) is 0 Å². The second kappa shape index (κ2) is 15.0. The number of guanidine groups is 1. The van der Waals surface area contributed by atoms with Crippen LogP contribution in [0.1, 0.15) is 5.56 Å². The first-order valence-electron chi connectivity index (χ1n) is 19.5. The number of hydrogen-bond acceptors (Lipinski definition) is 1. The summed E-state index contributed by atoms with van der Waals surface area (Å²) in [6.07, 6.45) is 10.2. The average molecular weight is 743 g/mol. The molecule has 1 heterocycles. The van der Waals surface area contributed by atoms with E-state index >= 15 is 0 Å². The first-order valence-corrected chi connectivity index (χ1v) is 19.5. The molecular formula is C54H38N4. The van der Waals surface area contributed by atoms with Crippen LogP contribution in [0.5, 0.6) is 0 Å². The van der Waals surface area contributed by atoms with Gasteiger partial charge in [-0.15, -0.1) is 0 Å². The molecule has 8 aromatic carbocycles. The Balaban J connectivity index is 1.09. The monoisotopic (exact) mass is 742 g/mol. The van der Waals surface area contributed by atoms with Crippen molar-refractivity contribution in [3.05, 3.63) is 230 Å². The minimum atomic E-state index is 0.118. The maximum absolute atomic E-state index is 9.69. The summed E-state index contributed by atoms with van der Waals surface area (Å²) in [5.41, 5.74) is 12.4. The first kappa shape index (κ1) is 34.7. The van der Waals surface area contributed by atoms with Gasteiger partial charge in [-0.05, 0) is 111 Å². The molecule has 0 aliphatic heterocycles. The number of hydrogen-bond donors (Lipinski definition) is 1. The molecular weight excluding hydrogens is 705 g/mol. The summed E-state index contributed by atoms with van der Waals surface area (Å²) in [5.74, 6) is 0.118. The van der Waals surface area contributed by atoms with Gasteiger partial charge in [0.1, 0.15) is 0 Å². The highest BCUT2D eigenvalue weighted by molar-refractivity contribution is 6.20. The van der Waals surface area contributed by atoms with Crippen LogP contribution in [-0.2, 0) is 0 Å². The number of nitrogens with zero attached hydrogens (tertiary/aromatic N) is 3. The van der Waals surface area contributed by atoms with E-state index in [1.807, 2.05) is 59.5 Å². The van der Waals surface area contributed by atoms with Crippen LogP contribution in [0.2, 0.25) is 0 Å². The molecule has 58 heavy (non-hydrogen) atoms. The van der Waals surface area contributed by atoms with Crippen molar-refractivity contribution in [2.45, 2.75) is 0 Å². The summed E-state index contributed by atoms with van der Waals surface area (Å²) in [7, 11) is 0. The van der Waals surface area contributed by atoms with Crippen molar-refractivity contribution >= 4 is 61.7 Å². The number of para-hydroxylation sites is 3. The zero-order valence-corrected chi connectivity index (χ0v) is 31.7. The van der Waals surface area contributed by atoms with Gasteiger partial charge >= 0.3 is 0 Å². The van der Waals surface area contributed by atoms with Crippen molar-refractivity contribution in [1.82, 2.24) is 4.57 Å². The summed E-state index contributed by atoms with van der Waals surface area (Å²) in [6, 6.07) is 67.9. The highest BCUT2D eigenvalue weighted by atomic mass is 15.3. The summed E-state index contributed by atoms with van der Waals surface area (Å²) in [6.45, 7) is 0. The molecule has 274 valence electrons. The number of anilines is 2. The van der Waals surface area contributed by atoms with Crippen molar-refractivity contribution in [2.75, 3.05) is 4.90 Å². The molecule has 1 aliphatic rings. The normalized spacial score (nSPS) is 13.9. The lowest BCUT2D eigenvalue weighted by atomic mass is 9.95. The number of allylic oxidation sites excluding steroid dienone is 5. The van der Waals surface area contributed by atoms with E-state index in [2.05, 4.69) is 174 Å². The van der Waals surface area contributed by atoms with Gasteiger partial charge in [0.15, 0.2) is 0 Å². The van der Waals surface area contributed by atoms with E-state index in [1.54, 1.807) is 0 Å². The Bertz CT molecular complexity index is 3110. The van der Waals surface area contributed by atoms with Crippen molar-refractivity contribution in [3.63, 3.8) is 0 Å². The van der Waals surface area contributed by atoms with E-state index in [-0.39, 0.29) is 5.96 Å². The van der Waals surface area contributed by atoms with E-state index in [4.69, 9.17) is 4.99 Å². The molecule has 1 N–H and O–H groups in total. The zero-order chi connectivity index (χ0) is 38.8. The molecule has 4 nitrogen and oxygen atoms in total. The van der Waals surface area contributed by atoms with E-state index < -0.39 is 0 Å². The van der Waals surface area contributed by atoms with Gasteiger partial charge < -0.3 is 4.57 Å². The Morgan fingerprint density at radius 1 is 0.500 bits per heavy atom. The van der Waals surface area contributed by atoms with Crippen LogP contribution in [0.15, 0.2) is 229 Å². The van der Waals surface area contributed by atoms with E-state index in [0.717, 1.165) is 66.9 Å². The highest BCUT2D eigenvalue weighted by Gasteiger charge is 2.20. The van der Waals surface area contributed by atoms with Crippen molar-refractivity contribution in [3.8, 4) is 27.9 Å². The first-order chi connectivity index (χ1) is 28.7. The second-order valence-electron chi connectivity index (χ2n) is 14.4.